The monoisotopic (exact) mass is 490 g/mol. The van der Waals surface area contributed by atoms with Gasteiger partial charge in [0.1, 0.15) is 11.9 Å². The first-order valence-electron chi connectivity index (χ1n) is 10.8. The summed E-state index contributed by atoms with van der Waals surface area (Å²) < 4.78 is 10.8. The summed E-state index contributed by atoms with van der Waals surface area (Å²) in [5.74, 6) is 0.666. The molecule has 0 radical (unpaired) electrons. The number of hydrogen-bond acceptors (Lipinski definition) is 8. The third kappa shape index (κ3) is 6.31. The average molecular weight is 491 g/mol. The van der Waals surface area contributed by atoms with Crippen LogP contribution in [-0.4, -0.2) is 46.1 Å². The van der Waals surface area contributed by atoms with Crippen LogP contribution >= 0.6 is 11.8 Å². The van der Waals surface area contributed by atoms with Gasteiger partial charge in [-0.2, -0.15) is 0 Å². The number of methoxy groups -OCH3 is 1. The molecule has 35 heavy (non-hydrogen) atoms. The van der Waals surface area contributed by atoms with Crippen molar-refractivity contribution in [2.75, 3.05) is 20.3 Å². The van der Waals surface area contributed by atoms with Gasteiger partial charge in [-0.05, 0) is 54.1 Å². The predicted octanol–water partition coefficient (Wildman–Crippen LogP) is 5.42. The minimum atomic E-state index is -0.518. The number of hydrogen-bond donors (Lipinski definition) is 0. The highest BCUT2D eigenvalue weighted by Gasteiger charge is 2.33. The van der Waals surface area contributed by atoms with Crippen LogP contribution in [0.2, 0.25) is 0 Å². The number of amidine groups is 1. The first kappa shape index (κ1) is 24.1. The molecule has 9 nitrogen and oxygen atoms in total. The standard InChI is InChI=1S/C25H22N4O5S/c1-33-15-5-14-28-24(30)22(35-25(28)27-19-6-3-2-4-7-19)16-18-8-11-21(12-9-18)34-23-13-10-20(17-26-23)29(31)32/h2-4,6-13,16-17H,5,14-15H2,1H3. The Balaban J connectivity index is 1.50. The minimum Gasteiger partial charge on any atom is -0.439 e. The number of carbonyl (C=O) groups excluding carboxylic acids is 1. The highest BCUT2D eigenvalue weighted by molar-refractivity contribution is 8.18. The number of nitro groups is 1. The number of aliphatic imine (C=N–C) groups is 1. The van der Waals surface area contributed by atoms with Crippen molar-refractivity contribution in [3.63, 3.8) is 0 Å². The van der Waals surface area contributed by atoms with Crippen molar-refractivity contribution in [1.82, 2.24) is 9.88 Å². The summed E-state index contributed by atoms with van der Waals surface area (Å²) >= 11 is 1.34. The molecule has 1 fully saturated rings. The molecule has 1 amide bonds. The fourth-order valence-corrected chi connectivity index (χ4v) is 4.24. The maximum atomic E-state index is 13.1. The molecule has 0 N–H and O–H groups in total. The molecule has 0 spiro atoms. The van der Waals surface area contributed by atoms with E-state index in [0.29, 0.717) is 35.4 Å². The summed E-state index contributed by atoms with van der Waals surface area (Å²) in [6.45, 7) is 1.06. The number of nitrogens with zero attached hydrogens (tertiary/aromatic N) is 4. The quantitative estimate of drug-likeness (QED) is 0.170. The van der Waals surface area contributed by atoms with Crippen molar-refractivity contribution in [2.24, 2.45) is 4.99 Å². The van der Waals surface area contributed by atoms with Crippen LogP contribution in [-0.2, 0) is 9.53 Å². The number of thioether (sulfide) groups is 1. The Morgan fingerprint density at radius 3 is 2.54 bits per heavy atom. The van der Waals surface area contributed by atoms with Crippen LogP contribution in [0.3, 0.4) is 0 Å². The number of benzene rings is 2. The molecule has 1 aromatic heterocycles. The van der Waals surface area contributed by atoms with Gasteiger partial charge in [0, 0.05) is 32.4 Å². The maximum absolute atomic E-state index is 13.1. The molecule has 3 aromatic rings. The molecule has 0 unspecified atom stereocenters. The third-order valence-electron chi connectivity index (χ3n) is 4.93. The van der Waals surface area contributed by atoms with Gasteiger partial charge in [-0.1, -0.05) is 30.3 Å². The summed E-state index contributed by atoms with van der Waals surface area (Å²) in [5, 5.41) is 11.4. The Hall–Kier alpha value is -4.02. The fourth-order valence-electron chi connectivity index (χ4n) is 3.21. The van der Waals surface area contributed by atoms with Crippen LogP contribution < -0.4 is 4.74 Å². The molecule has 0 bridgehead atoms. The van der Waals surface area contributed by atoms with Gasteiger partial charge in [0.15, 0.2) is 5.17 Å². The molecule has 4 rings (SSSR count). The third-order valence-corrected chi connectivity index (χ3v) is 5.94. The zero-order valence-corrected chi connectivity index (χ0v) is 19.7. The lowest BCUT2D eigenvalue weighted by Crippen LogP contribution is -2.30. The Kier molecular flexibility index (Phi) is 7.86. The second-order valence-electron chi connectivity index (χ2n) is 7.43. The Labute approximate surface area is 206 Å². The van der Waals surface area contributed by atoms with Crippen LogP contribution in [0.25, 0.3) is 6.08 Å². The van der Waals surface area contributed by atoms with Crippen molar-refractivity contribution in [3.05, 3.63) is 93.5 Å². The van der Waals surface area contributed by atoms with Gasteiger partial charge in [0.2, 0.25) is 5.88 Å². The topological polar surface area (TPSA) is 107 Å². The van der Waals surface area contributed by atoms with E-state index in [1.165, 1.54) is 23.9 Å². The van der Waals surface area contributed by atoms with Gasteiger partial charge >= 0.3 is 0 Å². The molecular weight excluding hydrogens is 468 g/mol. The largest absolute Gasteiger partial charge is 0.439 e. The number of pyridine rings is 1. The number of amides is 1. The number of aromatic nitrogens is 1. The van der Waals surface area contributed by atoms with E-state index in [1.54, 1.807) is 24.1 Å². The maximum Gasteiger partial charge on any atom is 0.287 e. The second-order valence-corrected chi connectivity index (χ2v) is 8.44. The van der Waals surface area contributed by atoms with Gasteiger partial charge in [-0.25, -0.2) is 9.98 Å². The van der Waals surface area contributed by atoms with Crippen LogP contribution in [0.1, 0.15) is 12.0 Å². The van der Waals surface area contributed by atoms with Crippen LogP contribution in [0.15, 0.2) is 82.8 Å². The summed E-state index contributed by atoms with van der Waals surface area (Å²) in [6, 6.07) is 19.4. The Bertz CT molecular complexity index is 1250. The van der Waals surface area contributed by atoms with E-state index < -0.39 is 4.92 Å². The number of carbonyl (C=O) groups is 1. The summed E-state index contributed by atoms with van der Waals surface area (Å²) in [4.78, 5) is 34.2. The van der Waals surface area contributed by atoms with E-state index in [-0.39, 0.29) is 17.5 Å². The summed E-state index contributed by atoms with van der Waals surface area (Å²) in [6.07, 6.45) is 3.66. The van der Waals surface area contributed by atoms with E-state index >= 15 is 0 Å². The molecule has 2 aromatic carbocycles. The zero-order valence-electron chi connectivity index (χ0n) is 18.9. The first-order valence-corrected chi connectivity index (χ1v) is 11.6. The average Bonchev–Trinajstić information content (AvgIpc) is 3.15. The second kappa shape index (κ2) is 11.4. The normalized spacial score (nSPS) is 15.7. The van der Waals surface area contributed by atoms with Crippen molar-refractivity contribution in [2.45, 2.75) is 6.42 Å². The molecule has 1 aliphatic heterocycles. The van der Waals surface area contributed by atoms with E-state index in [1.807, 2.05) is 48.5 Å². The van der Waals surface area contributed by atoms with E-state index in [0.717, 1.165) is 17.4 Å². The molecule has 0 aliphatic carbocycles. The predicted molar refractivity (Wildman–Crippen MR) is 135 cm³/mol. The van der Waals surface area contributed by atoms with Gasteiger partial charge in [-0.15, -0.1) is 0 Å². The Morgan fingerprint density at radius 2 is 1.89 bits per heavy atom. The van der Waals surface area contributed by atoms with Crippen molar-refractivity contribution in [1.29, 1.82) is 0 Å². The number of para-hydroxylation sites is 1. The van der Waals surface area contributed by atoms with Gasteiger partial charge < -0.3 is 9.47 Å². The van der Waals surface area contributed by atoms with E-state index in [2.05, 4.69) is 9.98 Å². The van der Waals surface area contributed by atoms with Gasteiger partial charge in [-0.3, -0.25) is 19.8 Å². The van der Waals surface area contributed by atoms with Crippen LogP contribution in [0.5, 0.6) is 11.6 Å². The number of rotatable bonds is 9. The molecule has 0 atom stereocenters. The Morgan fingerprint density at radius 1 is 1.11 bits per heavy atom. The first-order chi connectivity index (χ1) is 17.0. The van der Waals surface area contributed by atoms with Crippen LogP contribution in [0.4, 0.5) is 11.4 Å². The molecule has 1 aliphatic rings. The van der Waals surface area contributed by atoms with E-state index in [4.69, 9.17) is 9.47 Å². The lowest BCUT2D eigenvalue weighted by atomic mass is 10.2. The smallest absolute Gasteiger partial charge is 0.287 e. The molecule has 1 saturated heterocycles. The highest BCUT2D eigenvalue weighted by atomic mass is 32.2. The van der Waals surface area contributed by atoms with Crippen molar-refractivity contribution < 1.29 is 19.2 Å². The summed E-state index contributed by atoms with van der Waals surface area (Å²) in [5.41, 5.74) is 1.49. The van der Waals surface area contributed by atoms with Crippen LogP contribution in [0, 0.1) is 10.1 Å². The lowest BCUT2D eigenvalue weighted by molar-refractivity contribution is -0.385. The van der Waals surface area contributed by atoms with Crippen molar-refractivity contribution >= 4 is 40.3 Å². The number of ether oxygens (including phenoxy) is 2. The SMILES string of the molecule is COCCCN1C(=O)C(=Cc2ccc(Oc3ccc([N+](=O)[O-])cn3)cc2)SC1=Nc1ccccc1. The molecule has 0 saturated carbocycles. The van der Waals surface area contributed by atoms with Gasteiger partial charge in [0.05, 0.1) is 15.5 Å². The molecule has 178 valence electrons. The van der Waals surface area contributed by atoms with E-state index in [9.17, 15) is 14.9 Å². The zero-order chi connectivity index (χ0) is 24.6. The molecule has 10 heteroatoms. The lowest BCUT2D eigenvalue weighted by Gasteiger charge is -2.15. The fraction of sp³-hybridized carbons (Fsp3) is 0.160. The minimum absolute atomic E-state index is 0.101. The molecular formula is C25H22N4O5S. The molecule has 2 heterocycles. The van der Waals surface area contributed by atoms with Crippen molar-refractivity contribution in [3.8, 4) is 11.6 Å². The van der Waals surface area contributed by atoms with Gasteiger partial charge in [0.25, 0.3) is 11.6 Å². The summed E-state index contributed by atoms with van der Waals surface area (Å²) in [7, 11) is 1.63. The highest BCUT2D eigenvalue weighted by Crippen LogP contribution is 2.34.